The van der Waals surface area contributed by atoms with Gasteiger partial charge in [-0.3, -0.25) is 9.89 Å². The summed E-state index contributed by atoms with van der Waals surface area (Å²) in [7, 11) is 0. The molecule has 2 N–H and O–H groups in total. The second-order valence-corrected chi connectivity index (χ2v) is 6.95. The number of hydrogen-bond acceptors (Lipinski definition) is 4. The van der Waals surface area contributed by atoms with Crippen LogP contribution in [0.5, 0.6) is 5.75 Å². The summed E-state index contributed by atoms with van der Waals surface area (Å²) in [6, 6.07) is 29.1. The van der Waals surface area contributed by atoms with Crippen molar-refractivity contribution in [3.8, 4) is 17.0 Å². The van der Waals surface area contributed by atoms with Crippen LogP contribution < -0.4 is 10.2 Å². The number of nitrogens with zero attached hydrogens (tertiary/aromatic N) is 2. The molecule has 0 saturated heterocycles. The number of carbonyl (C=O) groups excluding carboxylic acids is 1. The average molecular weight is 422 g/mol. The Bertz CT molecular complexity index is 1200. The van der Waals surface area contributed by atoms with E-state index in [1.807, 2.05) is 91.0 Å². The van der Waals surface area contributed by atoms with Crippen molar-refractivity contribution in [2.24, 2.45) is 5.10 Å². The Morgan fingerprint density at radius 3 is 2.44 bits per heavy atom. The summed E-state index contributed by atoms with van der Waals surface area (Å²) in [5, 5.41) is 10.9. The molecule has 1 heterocycles. The summed E-state index contributed by atoms with van der Waals surface area (Å²) < 4.78 is 5.80. The van der Waals surface area contributed by atoms with E-state index < -0.39 is 0 Å². The van der Waals surface area contributed by atoms with E-state index >= 15 is 0 Å². The van der Waals surface area contributed by atoms with Crippen LogP contribution in [0.25, 0.3) is 17.3 Å². The van der Waals surface area contributed by atoms with Crippen molar-refractivity contribution < 1.29 is 9.53 Å². The first kappa shape index (κ1) is 20.8. The molecule has 0 aliphatic rings. The lowest BCUT2D eigenvalue weighted by molar-refractivity contribution is 0.0950. The van der Waals surface area contributed by atoms with E-state index in [1.54, 1.807) is 12.1 Å². The number of ether oxygens (including phenoxy) is 1. The van der Waals surface area contributed by atoms with Crippen LogP contribution in [0.2, 0.25) is 0 Å². The molecule has 6 nitrogen and oxygen atoms in total. The molecule has 4 aromatic rings. The molecule has 0 aliphatic heterocycles. The van der Waals surface area contributed by atoms with E-state index in [0.29, 0.717) is 18.0 Å². The second kappa shape index (κ2) is 10.5. The average Bonchev–Trinajstić information content (AvgIpc) is 3.35. The molecule has 0 saturated carbocycles. The largest absolute Gasteiger partial charge is 0.489 e. The third-order valence-electron chi connectivity index (χ3n) is 4.64. The molecule has 3 aromatic carbocycles. The summed E-state index contributed by atoms with van der Waals surface area (Å²) in [4.78, 5) is 12.3. The van der Waals surface area contributed by atoms with Crippen LogP contribution >= 0.6 is 0 Å². The number of aromatic amines is 1. The summed E-state index contributed by atoms with van der Waals surface area (Å²) in [5.41, 5.74) is 6.51. The van der Waals surface area contributed by atoms with Gasteiger partial charge in [-0.05, 0) is 47.5 Å². The molecule has 0 atom stereocenters. The molecule has 0 spiro atoms. The molecule has 158 valence electrons. The van der Waals surface area contributed by atoms with Gasteiger partial charge in [0.25, 0.3) is 5.91 Å². The fraction of sp³-hybridized carbons (Fsp3) is 0.0385. The number of rotatable bonds is 8. The lowest BCUT2D eigenvalue weighted by atomic mass is 10.1. The topological polar surface area (TPSA) is 79.4 Å². The maximum Gasteiger partial charge on any atom is 0.289 e. The molecule has 4 rings (SSSR count). The molecule has 0 radical (unpaired) electrons. The quantitative estimate of drug-likeness (QED) is 0.307. The van der Waals surface area contributed by atoms with Crippen molar-refractivity contribution in [1.29, 1.82) is 0 Å². The Kier molecular flexibility index (Phi) is 6.85. The highest BCUT2D eigenvalue weighted by atomic mass is 16.5. The van der Waals surface area contributed by atoms with Gasteiger partial charge in [0.2, 0.25) is 0 Å². The molecule has 1 aromatic heterocycles. The van der Waals surface area contributed by atoms with Crippen LogP contribution in [-0.2, 0) is 6.61 Å². The van der Waals surface area contributed by atoms with Gasteiger partial charge in [-0.15, -0.1) is 0 Å². The van der Waals surface area contributed by atoms with Crippen LogP contribution in [0.3, 0.4) is 0 Å². The number of hydrazone groups is 1. The van der Waals surface area contributed by atoms with E-state index in [9.17, 15) is 4.79 Å². The van der Waals surface area contributed by atoms with Gasteiger partial charge in [-0.25, -0.2) is 5.43 Å². The van der Waals surface area contributed by atoms with Crippen molar-refractivity contribution >= 4 is 18.2 Å². The zero-order valence-electron chi connectivity index (χ0n) is 17.3. The van der Waals surface area contributed by atoms with Crippen LogP contribution in [0.1, 0.15) is 21.6 Å². The van der Waals surface area contributed by atoms with Crippen molar-refractivity contribution in [2.45, 2.75) is 6.61 Å². The standard InChI is InChI=1S/C26H22N4O2/c31-26(30-27-17-7-12-20-8-3-1-4-9-20)25-18-24(28-29-25)22-13-15-23(16-14-22)32-19-21-10-5-2-6-11-21/h1-18H,19H2,(H,28,29)(H,30,31). The number of aromatic nitrogens is 2. The van der Waals surface area contributed by atoms with Crippen molar-refractivity contribution in [1.82, 2.24) is 15.6 Å². The highest BCUT2D eigenvalue weighted by Gasteiger charge is 2.10. The maximum absolute atomic E-state index is 12.3. The fourth-order valence-electron chi connectivity index (χ4n) is 2.97. The summed E-state index contributed by atoms with van der Waals surface area (Å²) >= 11 is 0. The Morgan fingerprint density at radius 1 is 0.969 bits per heavy atom. The number of hydrogen-bond donors (Lipinski definition) is 2. The molecule has 0 bridgehead atoms. The molecule has 6 heteroatoms. The first-order chi connectivity index (χ1) is 15.8. The smallest absolute Gasteiger partial charge is 0.289 e. The van der Waals surface area contributed by atoms with E-state index in [1.165, 1.54) is 6.21 Å². The number of carbonyl (C=O) groups is 1. The van der Waals surface area contributed by atoms with Gasteiger partial charge < -0.3 is 4.74 Å². The zero-order valence-corrected chi connectivity index (χ0v) is 17.3. The SMILES string of the molecule is O=C(NN=CC=Cc1ccccc1)c1cc(-c2ccc(OCc3ccccc3)cc2)n[nH]1. The van der Waals surface area contributed by atoms with Gasteiger partial charge in [-0.1, -0.05) is 66.7 Å². The Balaban J connectivity index is 1.30. The molecule has 0 unspecified atom stereocenters. The number of benzene rings is 3. The molecule has 1 amide bonds. The Hall–Kier alpha value is -4.45. The van der Waals surface area contributed by atoms with Crippen LogP contribution in [0.15, 0.2) is 102 Å². The summed E-state index contributed by atoms with van der Waals surface area (Å²) in [5.74, 6) is 0.403. The lowest BCUT2D eigenvalue weighted by Crippen LogP contribution is -2.17. The molecular formula is C26H22N4O2. The highest BCUT2D eigenvalue weighted by Crippen LogP contribution is 2.22. The van der Waals surface area contributed by atoms with E-state index in [-0.39, 0.29) is 5.91 Å². The second-order valence-electron chi connectivity index (χ2n) is 6.95. The van der Waals surface area contributed by atoms with E-state index in [0.717, 1.165) is 22.4 Å². The van der Waals surface area contributed by atoms with E-state index in [2.05, 4.69) is 20.7 Å². The minimum atomic E-state index is -0.365. The predicted octanol–water partition coefficient (Wildman–Crippen LogP) is 5.08. The molecule has 32 heavy (non-hydrogen) atoms. The third kappa shape index (κ3) is 5.79. The normalized spacial score (nSPS) is 11.1. The minimum Gasteiger partial charge on any atom is -0.489 e. The maximum atomic E-state index is 12.3. The van der Waals surface area contributed by atoms with Crippen molar-refractivity contribution in [3.05, 3.63) is 114 Å². The third-order valence-corrected chi connectivity index (χ3v) is 4.64. The summed E-state index contributed by atoms with van der Waals surface area (Å²) in [6.07, 6.45) is 5.18. The minimum absolute atomic E-state index is 0.327. The number of H-pyrrole nitrogens is 1. The van der Waals surface area contributed by atoms with Crippen LogP contribution in [0.4, 0.5) is 0 Å². The molecule has 0 aliphatic carbocycles. The number of amides is 1. The van der Waals surface area contributed by atoms with Gasteiger partial charge >= 0.3 is 0 Å². The fourth-order valence-corrected chi connectivity index (χ4v) is 2.97. The predicted molar refractivity (Wildman–Crippen MR) is 126 cm³/mol. The molecular weight excluding hydrogens is 400 g/mol. The first-order valence-electron chi connectivity index (χ1n) is 10.2. The monoisotopic (exact) mass is 422 g/mol. The van der Waals surface area contributed by atoms with Gasteiger partial charge in [0.1, 0.15) is 18.1 Å². The van der Waals surface area contributed by atoms with Crippen molar-refractivity contribution in [2.75, 3.05) is 0 Å². The number of nitrogens with one attached hydrogen (secondary N) is 2. The summed E-state index contributed by atoms with van der Waals surface area (Å²) in [6.45, 7) is 0.508. The highest BCUT2D eigenvalue weighted by molar-refractivity contribution is 5.94. The number of allylic oxidation sites excluding steroid dienone is 1. The van der Waals surface area contributed by atoms with E-state index in [4.69, 9.17) is 4.74 Å². The zero-order chi connectivity index (χ0) is 22.0. The van der Waals surface area contributed by atoms with Crippen LogP contribution in [0, 0.1) is 0 Å². The first-order valence-corrected chi connectivity index (χ1v) is 10.2. The molecule has 0 fully saturated rings. The van der Waals surface area contributed by atoms with Crippen molar-refractivity contribution in [3.63, 3.8) is 0 Å². The van der Waals surface area contributed by atoms with Gasteiger partial charge in [-0.2, -0.15) is 10.2 Å². The van der Waals surface area contributed by atoms with Gasteiger partial charge in [0, 0.05) is 11.8 Å². The Morgan fingerprint density at radius 2 is 1.69 bits per heavy atom. The Labute approximate surface area is 186 Å². The van der Waals surface area contributed by atoms with Gasteiger partial charge in [0.15, 0.2) is 0 Å². The van der Waals surface area contributed by atoms with Gasteiger partial charge in [0.05, 0.1) is 5.69 Å². The lowest BCUT2D eigenvalue weighted by Gasteiger charge is -2.06. The van der Waals surface area contributed by atoms with Crippen LogP contribution in [-0.4, -0.2) is 22.3 Å².